The van der Waals surface area contributed by atoms with Gasteiger partial charge in [-0.15, -0.1) is 0 Å². The normalized spacial score (nSPS) is 16.3. The van der Waals surface area contributed by atoms with E-state index in [-0.39, 0.29) is 23.2 Å². The molecule has 0 N–H and O–H groups in total. The number of furan rings is 1. The third-order valence-electron chi connectivity index (χ3n) is 6.09. The lowest BCUT2D eigenvalue weighted by Crippen LogP contribution is -2.42. The fraction of sp³-hybridized carbons (Fsp3) is 0.615. The van der Waals surface area contributed by atoms with Crippen molar-refractivity contribution < 1.29 is 18.7 Å². The summed E-state index contributed by atoms with van der Waals surface area (Å²) in [7, 11) is 0. The van der Waals surface area contributed by atoms with E-state index in [1.807, 2.05) is 6.07 Å². The van der Waals surface area contributed by atoms with Crippen LogP contribution >= 0.6 is 11.8 Å². The van der Waals surface area contributed by atoms with E-state index < -0.39 is 0 Å². The minimum atomic E-state index is -0.273. The minimum absolute atomic E-state index is 0.0969. The summed E-state index contributed by atoms with van der Waals surface area (Å²) in [6.07, 6.45) is 1.51. The number of nitrogens with zero attached hydrogens (tertiary/aromatic N) is 4. The Hall–Kier alpha value is -2.55. The van der Waals surface area contributed by atoms with E-state index in [1.165, 1.54) is 11.8 Å². The fourth-order valence-corrected chi connectivity index (χ4v) is 4.79. The molecule has 35 heavy (non-hydrogen) atoms. The molecule has 0 radical (unpaired) electrons. The van der Waals surface area contributed by atoms with Gasteiger partial charge in [0.05, 0.1) is 24.0 Å². The van der Waals surface area contributed by atoms with Gasteiger partial charge in [0.2, 0.25) is 0 Å². The van der Waals surface area contributed by atoms with Crippen molar-refractivity contribution in [3.63, 3.8) is 0 Å². The van der Waals surface area contributed by atoms with Gasteiger partial charge >= 0.3 is 5.97 Å². The number of ether oxygens (including phenoxy) is 1. The van der Waals surface area contributed by atoms with Crippen molar-refractivity contribution in [3.05, 3.63) is 35.4 Å². The van der Waals surface area contributed by atoms with Gasteiger partial charge in [0, 0.05) is 37.7 Å². The van der Waals surface area contributed by atoms with Crippen molar-refractivity contribution in [1.29, 1.82) is 0 Å². The number of esters is 1. The van der Waals surface area contributed by atoms with Gasteiger partial charge in [0.15, 0.2) is 10.9 Å². The summed E-state index contributed by atoms with van der Waals surface area (Å²) in [6, 6.07) is 5.61. The number of aromatic nitrogens is 2. The molecule has 9 heteroatoms. The number of anilines is 1. The van der Waals surface area contributed by atoms with Gasteiger partial charge in [-0.05, 0) is 45.7 Å². The summed E-state index contributed by atoms with van der Waals surface area (Å²) in [4.78, 5) is 38.6. The van der Waals surface area contributed by atoms with Crippen LogP contribution in [0.1, 0.15) is 76.4 Å². The molecule has 1 unspecified atom stereocenters. The number of hydrogen-bond acceptors (Lipinski definition) is 8. The smallest absolute Gasteiger partial charge is 0.310 e. The van der Waals surface area contributed by atoms with Crippen molar-refractivity contribution in [2.45, 2.75) is 70.7 Å². The molecule has 3 heterocycles. The van der Waals surface area contributed by atoms with Gasteiger partial charge < -0.3 is 19.0 Å². The summed E-state index contributed by atoms with van der Waals surface area (Å²) in [5, 5.41) is 0.692. The Balaban J connectivity index is 1.69. The number of rotatable bonds is 9. The quantitative estimate of drug-likeness (QED) is 0.271. The highest BCUT2D eigenvalue weighted by atomic mass is 32.2. The molecule has 2 aromatic heterocycles. The molecule has 1 fully saturated rings. The molecule has 0 aliphatic carbocycles. The number of amides is 1. The SMILES string of the molecule is CCOC(=O)C1CCCN(C(=O)c2ccc(CSc3nc(N(CC)CC)cc(C(C)(C)C)n3)o2)C1. The van der Waals surface area contributed by atoms with Crippen LogP contribution in [0, 0.1) is 5.92 Å². The maximum absolute atomic E-state index is 13.0. The summed E-state index contributed by atoms with van der Waals surface area (Å²) >= 11 is 1.50. The third kappa shape index (κ3) is 6.99. The molecule has 1 aliphatic rings. The summed E-state index contributed by atoms with van der Waals surface area (Å²) < 4.78 is 11.0. The van der Waals surface area contributed by atoms with Crippen LogP contribution in [0.5, 0.6) is 0 Å². The van der Waals surface area contributed by atoms with Crippen molar-refractivity contribution >= 4 is 29.5 Å². The zero-order valence-corrected chi connectivity index (χ0v) is 22.6. The Bertz CT molecular complexity index is 1010. The molecule has 1 saturated heterocycles. The third-order valence-corrected chi connectivity index (χ3v) is 6.96. The lowest BCUT2D eigenvalue weighted by Gasteiger charge is -2.30. The second-order valence-electron chi connectivity index (χ2n) is 9.71. The number of carbonyl (C=O) groups excluding carboxylic acids is 2. The lowest BCUT2D eigenvalue weighted by molar-refractivity contribution is -0.149. The Morgan fingerprint density at radius 3 is 2.60 bits per heavy atom. The second-order valence-corrected chi connectivity index (χ2v) is 10.7. The summed E-state index contributed by atoms with van der Waals surface area (Å²) in [5.41, 5.74) is 0.897. The first kappa shape index (κ1) is 27.0. The van der Waals surface area contributed by atoms with Crippen LogP contribution in [-0.2, 0) is 20.7 Å². The predicted molar refractivity (Wildman–Crippen MR) is 138 cm³/mol. The Labute approximate surface area is 212 Å². The molecule has 3 rings (SSSR count). The van der Waals surface area contributed by atoms with Crippen molar-refractivity contribution in [3.8, 4) is 0 Å². The average Bonchev–Trinajstić information content (AvgIpc) is 3.32. The number of thioether (sulfide) groups is 1. The van der Waals surface area contributed by atoms with Crippen molar-refractivity contribution in [2.75, 3.05) is 37.7 Å². The summed E-state index contributed by atoms with van der Waals surface area (Å²) in [5.74, 6) is 1.72. The molecule has 1 atom stereocenters. The average molecular weight is 503 g/mol. The number of likely N-dealkylation sites (tertiary alicyclic amines) is 1. The van der Waals surface area contributed by atoms with E-state index in [0.717, 1.165) is 37.4 Å². The van der Waals surface area contributed by atoms with Crippen LogP contribution in [-0.4, -0.2) is 59.5 Å². The molecule has 1 amide bonds. The van der Waals surface area contributed by atoms with Gasteiger partial charge in [-0.2, -0.15) is 0 Å². The van der Waals surface area contributed by atoms with Crippen LogP contribution in [0.15, 0.2) is 27.8 Å². The van der Waals surface area contributed by atoms with E-state index in [4.69, 9.17) is 19.1 Å². The molecule has 0 bridgehead atoms. The van der Waals surface area contributed by atoms with Gasteiger partial charge in [-0.25, -0.2) is 9.97 Å². The molecule has 0 spiro atoms. The highest BCUT2D eigenvalue weighted by Gasteiger charge is 2.31. The molecule has 1 aliphatic heterocycles. The van der Waals surface area contributed by atoms with Gasteiger partial charge in [-0.1, -0.05) is 32.5 Å². The zero-order valence-electron chi connectivity index (χ0n) is 21.8. The van der Waals surface area contributed by atoms with E-state index in [2.05, 4.69) is 45.6 Å². The number of hydrogen-bond donors (Lipinski definition) is 0. The van der Waals surface area contributed by atoms with E-state index in [1.54, 1.807) is 17.9 Å². The zero-order chi connectivity index (χ0) is 25.6. The predicted octanol–water partition coefficient (Wildman–Crippen LogP) is 4.92. The van der Waals surface area contributed by atoms with Crippen molar-refractivity contribution in [1.82, 2.24) is 14.9 Å². The van der Waals surface area contributed by atoms with E-state index in [0.29, 0.717) is 42.1 Å². The first-order valence-electron chi connectivity index (χ1n) is 12.5. The highest BCUT2D eigenvalue weighted by molar-refractivity contribution is 7.98. The van der Waals surface area contributed by atoms with Crippen molar-refractivity contribution in [2.24, 2.45) is 5.92 Å². The highest BCUT2D eigenvalue weighted by Crippen LogP contribution is 2.29. The molecule has 2 aromatic rings. The molecule has 0 saturated carbocycles. The van der Waals surface area contributed by atoms with Crippen LogP contribution in [0.3, 0.4) is 0 Å². The first-order chi connectivity index (χ1) is 16.7. The monoisotopic (exact) mass is 502 g/mol. The molecule has 192 valence electrons. The number of piperidine rings is 1. The second kappa shape index (κ2) is 11.9. The van der Waals surface area contributed by atoms with Crippen LogP contribution in [0.25, 0.3) is 0 Å². The maximum Gasteiger partial charge on any atom is 0.310 e. The molecule has 0 aromatic carbocycles. The van der Waals surface area contributed by atoms with E-state index >= 15 is 0 Å². The van der Waals surface area contributed by atoms with Crippen LogP contribution in [0.4, 0.5) is 5.82 Å². The van der Waals surface area contributed by atoms with Crippen LogP contribution < -0.4 is 4.90 Å². The van der Waals surface area contributed by atoms with E-state index in [9.17, 15) is 9.59 Å². The number of carbonyl (C=O) groups is 2. The van der Waals surface area contributed by atoms with Gasteiger partial charge in [0.25, 0.3) is 5.91 Å². The fourth-order valence-electron chi connectivity index (χ4n) is 4.05. The Kier molecular flexibility index (Phi) is 9.21. The summed E-state index contributed by atoms with van der Waals surface area (Å²) in [6.45, 7) is 15.5. The molecular weight excluding hydrogens is 464 g/mol. The Morgan fingerprint density at radius 1 is 1.20 bits per heavy atom. The molecular formula is C26H38N4O4S. The first-order valence-corrected chi connectivity index (χ1v) is 13.5. The maximum atomic E-state index is 13.0. The lowest BCUT2D eigenvalue weighted by atomic mass is 9.92. The van der Waals surface area contributed by atoms with Crippen LogP contribution in [0.2, 0.25) is 0 Å². The topological polar surface area (TPSA) is 88.8 Å². The van der Waals surface area contributed by atoms with Gasteiger partial charge in [0.1, 0.15) is 11.6 Å². The minimum Gasteiger partial charge on any atom is -0.466 e. The molecule has 8 nitrogen and oxygen atoms in total. The van der Waals surface area contributed by atoms with Gasteiger partial charge in [-0.3, -0.25) is 9.59 Å². The standard InChI is InChI=1S/C26H38N4O4S/c1-7-29(8-2)22-15-21(26(4,5)6)27-25(28-22)35-17-19-12-13-20(34-19)23(31)30-14-10-11-18(16-30)24(32)33-9-3/h12-13,15,18H,7-11,14,16-17H2,1-6H3. The largest absolute Gasteiger partial charge is 0.466 e. The Morgan fingerprint density at radius 2 is 1.94 bits per heavy atom.